The normalized spacial score (nSPS) is 16.8. The summed E-state index contributed by atoms with van der Waals surface area (Å²) in [6.07, 6.45) is 3.59. The first-order chi connectivity index (χ1) is 7.88. The van der Waals surface area contributed by atoms with Gasteiger partial charge in [0, 0.05) is 6.54 Å². The minimum atomic E-state index is 0.590. The largest absolute Gasteiger partial charge is 0.304 e. The van der Waals surface area contributed by atoms with Gasteiger partial charge in [0.1, 0.15) is 0 Å². The summed E-state index contributed by atoms with van der Waals surface area (Å²) in [4.78, 5) is 7.12. The highest BCUT2D eigenvalue weighted by molar-refractivity contribution is 5.23. The Morgan fingerprint density at radius 2 is 1.94 bits per heavy atom. The van der Waals surface area contributed by atoms with Gasteiger partial charge in [-0.05, 0) is 43.5 Å². The second-order valence-corrected chi connectivity index (χ2v) is 4.42. The van der Waals surface area contributed by atoms with Crippen molar-refractivity contribution in [3.63, 3.8) is 0 Å². The van der Waals surface area contributed by atoms with Crippen molar-refractivity contribution >= 4 is 0 Å². The Morgan fingerprint density at radius 1 is 1.19 bits per heavy atom. The molecular weight excluding hydrogens is 200 g/mol. The Hall–Kier alpha value is -0.900. The number of hydrogen-bond donors (Lipinski definition) is 1. The molecule has 1 saturated heterocycles. The van der Waals surface area contributed by atoms with Crippen LogP contribution in [0.5, 0.6) is 0 Å². The standard InChI is InChI=1S/C13H20N2O/c14-16-9-6-12-4-3-5-13(10-12)11-15-7-1-2-8-15/h3-5,10H,1-2,6-9,11,14H2. The summed E-state index contributed by atoms with van der Waals surface area (Å²) < 4.78 is 0. The Morgan fingerprint density at radius 3 is 2.69 bits per heavy atom. The molecule has 2 N–H and O–H groups in total. The van der Waals surface area contributed by atoms with Crippen LogP contribution in [0.25, 0.3) is 0 Å². The molecular formula is C13H20N2O. The zero-order valence-electron chi connectivity index (χ0n) is 9.69. The average Bonchev–Trinajstić information content (AvgIpc) is 2.80. The lowest BCUT2D eigenvalue weighted by Crippen LogP contribution is -2.18. The zero-order valence-corrected chi connectivity index (χ0v) is 9.69. The molecule has 0 aromatic heterocycles. The molecule has 1 aromatic carbocycles. The predicted octanol–water partition coefficient (Wildman–Crippen LogP) is 1.72. The first-order valence-electron chi connectivity index (χ1n) is 6.00. The topological polar surface area (TPSA) is 38.5 Å². The van der Waals surface area contributed by atoms with Crippen LogP contribution in [0, 0.1) is 0 Å². The second-order valence-electron chi connectivity index (χ2n) is 4.42. The van der Waals surface area contributed by atoms with Gasteiger partial charge < -0.3 is 4.84 Å². The molecule has 0 saturated carbocycles. The van der Waals surface area contributed by atoms with Crippen molar-refractivity contribution in [2.75, 3.05) is 19.7 Å². The Kier molecular flexibility index (Phi) is 4.34. The number of hydrogen-bond acceptors (Lipinski definition) is 3. The highest BCUT2D eigenvalue weighted by Crippen LogP contribution is 2.14. The van der Waals surface area contributed by atoms with Crippen molar-refractivity contribution in [2.45, 2.75) is 25.8 Å². The third kappa shape index (κ3) is 3.30. The predicted molar refractivity (Wildman–Crippen MR) is 64.8 cm³/mol. The third-order valence-corrected chi connectivity index (χ3v) is 3.10. The summed E-state index contributed by atoms with van der Waals surface area (Å²) >= 11 is 0. The van der Waals surface area contributed by atoms with Crippen LogP contribution in [-0.4, -0.2) is 24.6 Å². The summed E-state index contributed by atoms with van der Waals surface area (Å²) in [5.74, 6) is 5.04. The minimum absolute atomic E-state index is 0.590. The van der Waals surface area contributed by atoms with E-state index in [0.717, 1.165) is 13.0 Å². The summed E-state index contributed by atoms with van der Waals surface area (Å²) in [7, 11) is 0. The molecule has 1 aromatic rings. The smallest absolute Gasteiger partial charge is 0.0719 e. The van der Waals surface area contributed by atoms with Gasteiger partial charge in [-0.15, -0.1) is 0 Å². The first-order valence-corrected chi connectivity index (χ1v) is 6.00. The molecule has 1 heterocycles. The number of nitrogens with two attached hydrogens (primary N) is 1. The van der Waals surface area contributed by atoms with Crippen molar-refractivity contribution < 1.29 is 4.84 Å². The molecule has 0 atom stereocenters. The van der Waals surface area contributed by atoms with Crippen LogP contribution in [-0.2, 0) is 17.8 Å². The summed E-state index contributed by atoms with van der Waals surface area (Å²) in [5.41, 5.74) is 2.71. The van der Waals surface area contributed by atoms with E-state index in [-0.39, 0.29) is 0 Å². The maximum Gasteiger partial charge on any atom is 0.0719 e. The quantitative estimate of drug-likeness (QED) is 0.768. The maximum absolute atomic E-state index is 5.04. The van der Waals surface area contributed by atoms with E-state index in [0.29, 0.717) is 6.61 Å². The second kappa shape index (κ2) is 5.99. The highest BCUT2D eigenvalue weighted by Gasteiger charge is 2.11. The highest BCUT2D eigenvalue weighted by atomic mass is 16.6. The van der Waals surface area contributed by atoms with Gasteiger partial charge in [-0.1, -0.05) is 24.3 Å². The van der Waals surface area contributed by atoms with E-state index in [2.05, 4.69) is 34.0 Å². The van der Waals surface area contributed by atoms with Crippen LogP contribution in [0.1, 0.15) is 24.0 Å². The van der Waals surface area contributed by atoms with Gasteiger partial charge in [-0.2, -0.15) is 0 Å². The van der Waals surface area contributed by atoms with Crippen molar-refractivity contribution in [1.29, 1.82) is 0 Å². The SMILES string of the molecule is NOCCc1cccc(CN2CCCC2)c1. The van der Waals surface area contributed by atoms with Crippen LogP contribution in [0.15, 0.2) is 24.3 Å². The zero-order chi connectivity index (χ0) is 11.2. The van der Waals surface area contributed by atoms with Crippen LogP contribution in [0.4, 0.5) is 0 Å². The van der Waals surface area contributed by atoms with Crippen LogP contribution in [0.2, 0.25) is 0 Å². The van der Waals surface area contributed by atoms with Crippen molar-refractivity contribution in [2.24, 2.45) is 5.90 Å². The van der Waals surface area contributed by atoms with E-state index >= 15 is 0 Å². The van der Waals surface area contributed by atoms with Gasteiger partial charge in [0.15, 0.2) is 0 Å². The number of rotatable bonds is 5. The molecule has 1 aliphatic heterocycles. The molecule has 2 rings (SSSR count). The molecule has 0 spiro atoms. The van der Waals surface area contributed by atoms with Gasteiger partial charge >= 0.3 is 0 Å². The van der Waals surface area contributed by atoms with Gasteiger partial charge in [0.25, 0.3) is 0 Å². The van der Waals surface area contributed by atoms with E-state index in [4.69, 9.17) is 5.90 Å². The van der Waals surface area contributed by atoms with Gasteiger partial charge in [-0.3, -0.25) is 4.90 Å². The molecule has 0 aliphatic carbocycles. The van der Waals surface area contributed by atoms with Crippen LogP contribution in [0.3, 0.4) is 0 Å². The molecule has 3 heteroatoms. The van der Waals surface area contributed by atoms with E-state index in [1.807, 2.05) is 0 Å². The first kappa shape index (κ1) is 11.6. The number of benzene rings is 1. The number of nitrogens with zero attached hydrogens (tertiary/aromatic N) is 1. The number of likely N-dealkylation sites (tertiary alicyclic amines) is 1. The lowest BCUT2D eigenvalue weighted by atomic mass is 10.1. The minimum Gasteiger partial charge on any atom is -0.304 e. The fraction of sp³-hybridized carbons (Fsp3) is 0.538. The molecule has 3 nitrogen and oxygen atoms in total. The fourth-order valence-corrected chi connectivity index (χ4v) is 2.26. The summed E-state index contributed by atoms with van der Waals surface area (Å²) in [6.45, 7) is 4.16. The average molecular weight is 220 g/mol. The van der Waals surface area contributed by atoms with E-state index < -0.39 is 0 Å². The van der Waals surface area contributed by atoms with E-state index in [1.165, 1.54) is 37.1 Å². The summed E-state index contributed by atoms with van der Waals surface area (Å²) in [6, 6.07) is 8.71. The van der Waals surface area contributed by atoms with Crippen molar-refractivity contribution in [3.8, 4) is 0 Å². The molecule has 0 unspecified atom stereocenters. The van der Waals surface area contributed by atoms with Crippen molar-refractivity contribution in [1.82, 2.24) is 4.90 Å². The molecule has 0 radical (unpaired) electrons. The van der Waals surface area contributed by atoms with Crippen LogP contribution < -0.4 is 5.90 Å². The van der Waals surface area contributed by atoms with Crippen molar-refractivity contribution in [3.05, 3.63) is 35.4 Å². The lowest BCUT2D eigenvalue weighted by Gasteiger charge is -2.15. The van der Waals surface area contributed by atoms with E-state index in [1.54, 1.807) is 0 Å². The lowest BCUT2D eigenvalue weighted by molar-refractivity contribution is 0.141. The Balaban J connectivity index is 1.92. The molecule has 0 amide bonds. The fourth-order valence-electron chi connectivity index (χ4n) is 2.26. The van der Waals surface area contributed by atoms with Gasteiger partial charge in [-0.25, -0.2) is 5.90 Å². The Labute approximate surface area is 97.1 Å². The molecule has 88 valence electrons. The van der Waals surface area contributed by atoms with E-state index in [9.17, 15) is 0 Å². The third-order valence-electron chi connectivity index (χ3n) is 3.10. The molecule has 0 bridgehead atoms. The molecule has 1 fully saturated rings. The Bertz CT molecular complexity index is 321. The molecule has 16 heavy (non-hydrogen) atoms. The summed E-state index contributed by atoms with van der Waals surface area (Å²) in [5, 5.41) is 0. The van der Waals surface area contributed by atoms with Gasteiger partial charge in [0.2, 0.25) is 0 Å². The molecule has 1 aliphatic rings. The maximum atomic E-state index is 5.04. The van der Waals surface area contributed by atoms with Crippen LogP contribution >= 0.6 is 0 Å². The van der Waals surface area contributed by atoms with Gasteiger partial charge in [0.05, 0.1) is 6.61 Å². The monoisotopic (exact) mass is 220 g/mol.